The minimum Gasteiger partial charge on any atom is -0.301 e. The number of hydrazone groups is 1. The fourth-order valence-electron chi connectivity index (χ4n) is 1.24. The fourth-order valence-corrected chi connectivity index (χ4v) is 2.61. The maximum absolute atomic E-state index is 11.6. The Hall–Kier alpha value is -2.13. The van der Waals surface area contributed by atoms with Crippen LogP contribution in [0.5, 0.6) is 0 Å². The summed E-state index contributed by atoms with van der Waals surface area (Å²) in [6, 6.07) is 3.80. The highest BCUT2D eigenvalue weighted by Gasteiger charge is 2.09. The van der Waals surface area contributed by atoms with E-state index in [1.807, 2.05) is 17.5 Å². The van der Waals surface area contributed by atoms with E-state index < -0.39 is 0 Å². The topological polar surface area (TPSA) is 96.3 Å². The summed E-state index contributed by atoms with van der Waals surface area (Å²) in [4.78, 5) is 23.4. The van der Waals surface area contributed by atoms with E-state index in [2.05, 4.69) is 26.0 Å². The van der Waals surface area contributed by atoms with Crippen molar-refractivity contribution in [2.45, 2.75) is 13.3 Å². The highest BCUT2D eigenvalue weighted by atomic mass is 32.1. The zero-order valence-corrected chi connectivity index (χ0v) is 12.1. The van der Waals surface area contributed by atoms with Crippen LogP contribution in [0.1, 0.15) is 16.8 Å². The van der Waals surface area contributed by atoms with Gasteiger partial charge in [-0.3, -0.25) is 9.59 Å². The average molecular weight is 309 g/mol. The van der Waals surface area contributed by atoms with Crippen molar-refractivity contribution in [2.24, 2.45) is 5.10 Å². The first kappa shape index (κ1) is 14.3. The Morgan fingerprint density at radius 3 is 3.00 bits per heavy atom. The summed E-state index contributed by atoms with van der Waals surface area (Å²) in [5.41, 5.74) is 2.41. The molecule has 0 aliphatic heterocycles. The molecule has 2 N–H and O–H groups in total. The lowest BCUT2D eigenvalue weighted by Gasteiger charge is -1.95. The molecule has 0 saturated heterocycles. The molecule has 0 aromatic carbocycles. The summed E-state index contributed by atoms with van der Waals surface area (Å²) < 4.78 is 0. The van der Waals surface area contributed by atoms with Gasteiger partial charge in [0.05, 0.1) is 12.6 Å². The van der Waals surface area contributed by atoms with Crippen LogP contribution in [0.2, 0.25) is 0 Å². The molecule has 0 radical (unpaired) electrons. The Labute approximate surface area is 122 Å². The van der Waals surface area contributed by atoms with Crippen LogP contribution in [-0.4, -0.2) is 28.2 Å². The summed E-state index contributed by atoms with van der Waals surface area (Å²) in [5, 5.41) is 16.7. The fraction of sp³-hybridized carbons (Fsp3) is 0.182. The van der Waals surface area contributed by atoms with Gasteiger partial charge in [-0.15, -0.1) is 21.5 Å². The van der Waals surface area contributed by atoms with Crippen LogP contribution < -0.4 is 10.7 Å². The Kier molecular flexibility index (Phi) is 4.91. The Morgan fingerprint density at radius 1 is 1.45 bits per heavy atom. The van der Waals surface area contributed by atoms with Gasteiger partial charge >= 0.3 is 0 Å². The van der Waals surface area contributed by atoms with Gasteiger partial charge in [0.25, 0.3) is 0 Å². The first-order valence-electron chi connectivity index (χ1n) is 5.59. The van der Waals surface area contributed by atoms with Crippen molar-refractivity contribution in [3.8, 4) is 0 Å². The largest absolute Gasteiger partial charge is 0.301 e. The van der Waals surface area contributed by atoms with Crippen molar-refractivity contribution in [1.29, 1.82) is 0 Å². The van der Waals surface area contributed by atoms with E-state index >= 15 is 0 Å². The average Bonchev–Trinajstić information content (AvgIpc) is 3.00. The molecule has 7 nitrogen and oxygen atoms in total. The molecule has 0 spiro atoms. The quantitative estimate of drug-likeness (QED) is 0.641. The monoisotopic (exact) mass is 309 g/mol. The third-order valence-corrected chi connectivity index (χ3v) is 3.63. The molecule has 2 heterocycles. The van der Waals surface area contributed by atoms with Crippen molar-refractivity contribution in [1.82, 2.24) is 15.6 Å². The number of aromatic nitrogens is 2. The van der Waals surface area contributed by atoms with Gasteiger partial charge in [0.1, 0.15) is 5.01 Å². The van der Waals surface area contributed by atoms with Crippen LogP contribution in [-0.2, 0) is 16.0 Å². The molecule has 20 heavy (non-hydrogen) atoms. The smallest absolute Gasteiger partial charge is 0.247 e. The number of hydrogen-bond donors (Lipinski definition) is 2. The van der Waals surface area contributed by atoms with Crippen LogP contribution in [0.15, 0.2) is 22.6 Å². The van der Waals surface area contributed by atoms with Crippen LogP contribution in [0, 0.1) is 0 Å². The number of amides is 2. The van der Waals surface area contributed by atoms with Crippen LogP contribution in [0.4, 0.5) is 5.13 Å². The van der Waals surface area contributed by atoms with Crippen molar-refractivity contribution >= 4 is 45.8 Å². The van der Waals surface area contributed by atoms with Gasteiger partial charge in [0.15, 0.2) is 0 Å². The second-order valence-electron chi connectivity index (χ2n) is 3.67. The van der Waals surface area contributed by atoms with E-state index in [1.165, 1.54) is 18.3 Å². The molecule has 0 unspecified atom stereocenters. The number of carbonyl (C=O) groups is 2. The van der Waals surface area contributed by atoms with E-state index in [4.69, 9.17) is 0 Å². The highest BCUT2D eigenvalue weighted by molar-refractivity contribution is 7.15. The molecular weight excluding hydrogens is 298 g/mol. The van der Waals surface area contributed by atoms with Gasteiger partial charge in [-0.2, -0.15) is 5.10 Å². The van der Waals surface area contributed by atoms with Gasteiger partial charge in [0.2, 0.25) is 16.9 Å². The summed E-state index contributed by atoms with van der Waals surface area (Å²) in [6.45, 7) is 1.38. The molecule has 0 aliphatic carbocycles. The molecule has 0 bridgehead atoms. The second-order valence-corrected chi connectivity index (χ2v) is 5.71. The number of rotatable bonds is 5. The second kappa shape index (κ2) is 6.87. The number of hydrogen-bond acceptors (Lipinski definition) is 7. The zero-order chi connectivity index (χ0) is 14.4. The molecule has 2 aromatic heterocycles. The third kappa shape index (κ3) is 4.52. The molecule has 0 atom stereocenters. The standard InChI is InChI=1S/C11H11N5O2S2/c1-7(17)13-11-16-15-10(20-11)5-9(18)14-12-6-8-3-2-4-19-8/h2-4,6H,5H2,1H3,(H,14,18)(H,13,16,17). The molecule has 2 amide bonds. The molecule has 9 heteroatoms. The molecule has 0 saturated carbocycles. The van der Waals surface area contributed by atoms with Crippen LogP contribution >= 0.6 is 22.7 Å². The molecule has 0 fully saturated rings. The zero-order valence-electron chi connectivity index (χ0n) is 10.5. The lowest BCUT2D eigenvalue weighted by molar-refractivity contribution is -0.120. The highest BCUT2D eigenvalue weighted by Crippen LogP contribution is 2.15. The first-order chi connectivity index (χ1) is 9.63. The Balaban J connectivity index is 1.82. The summed E-state index contributed by atoms with van der Waals surface area (Å²) in [7, 11) is 0. The van der Waals surface area contributed by atoms with E-state index in [0.29, 0.717) is 10.1 Å². The third-order valence-electron chi connectivity index (χ3n) is 1.99. The molecular formula is C11H11N5O2S2. The van der Waals surface area contributed by atoms with Gasteiger partial charge in [-0.25, -0.2) is 5.43 Å². The number of thiophene rings is 1. The van der Waals surface area contributed by atoms with Crippen molar-refractivity contribution in [3.63, 3.8) is 0 Å². The molecule has 0 aliphatic rings. The minimum absolute atomic E-state index is 0.0685. The predicted octanol–water partition coefficient (Wildman–Crippen LogP) is 1.25. The van der Waals surface area contributed by atoms with Crippen molar-refractivity contribution in [2.75, 3.05) is 5.32 Å². The maximum atomic E-state index is 11.6. The van der Waals surface area contributed by atoms with E-state index in [9.17, 15) is 9.59 Å². The van der Waals surface area contributed by atoms with E-state index in [-0.39, 0.29) is 18.2 Å². The number of nitrogens with zero attached hydrogens (tertiary/aromatic N) is 3. The summed E-state index contributed by atoms with van der Waals surface area (Å²) in [6.07, 6.45) is 1.64. The normalized spacial score (nSPS) is 10.7. The Morgan fingerprint density at radius 2 is 2.30 bits per heavy atom. The summed E-state index contributed by atoms with van der Waals surface area (Å²) >= 11 is 2.68. The predicted molar refractivity (Wildman–Crippen MR) is 78.0 cm³/mol. The maximum Gasteiger partial charge on any atom is 0.247 e. The SMILES string of the molecule is CC(=O)Nc1nnc(CC(=O)NN=Cc2cccs2)s1. The molecule has 104 valence electrons. The van der Waals surface area contributed by atoms with Gasteiger partial charge < -0.3 is 5.32 Å². The minimum atomic E-state index is -0.289. The number of nitrogens with one attached hydrogen (secondary N) is 2. The van der Waals surface area contributed by atoms with Gasteiger partial charge in [-0.1, -0.05) is 17.4 Å². The lowest BCUT2D eigenvalue weighted by Crippen LogP contribution is -2.19. The van der Waals surface area contributed by atoms with Gasteiger partial charge in [0, 0.05) is 11.8 Å². The number of carbonyl (C=O) groups excluding carboxylic acids is 2. The van der Waals surface area contributed by atoms with E-state index in [0.717, 1.165) is 16.2 Å². The molecule has 2 aromatic rings. The number of anilines is 1. The summed E-state index contributed by atoms with van der Waals surface area (Å²) in [5.74, 6) is -0.513. The molecule has 2 rings (SSSR count). The van der Waals surface area contributed by atoms with Crippen LogP contribution in [0.25, 0.3) is 0 Å². The van der Waals surface area contributed by atoms with E-state index in [1.54, 1.807) is 6.21 Å². The lowest BCUT2D eigenvalue weighted by atomic mass is 10.4. The first-order valence-corrected chi connectivity index (χ1v) is 7.28. The van der Waals surface area contributed by atoms with Gasteiger partial charge in [-0.05, 0) is 11.4 Å². The Bertz CT molecular complexity index is 621. The van der Waals surface area contributed by atoms with Crippen molar-refractivity contribution < 1.29 is 9.59 Å². The van der Waals surface area contributed by atoms with Crippen molar-refractivity contribution in [3.05, 3.63) is 27.4 Å². The van der Waals surface area contributed by atoms with Crippen LogP contribution in [0.3, 0.4) is 0 Å².